The van der Waals surface area contributed by atoms with Gasteiger partial charge in [-0.2, -0.15) is 25.3 Å². The number of nitrogens with one attached hydrogen (secondary N) is 2. The highest BCUT2D eigenvalue weighted by Crippen LogP contribution is 2.23. The first kappa shape index (κ1) is 39.5. The number of thiol groups is 2. The number of carbonyl (C=O) groups excluding carboxylic acids is 6. The van der Waals surface area contributed by atoms with Crippen LogP contribution in [-0.4, -0.2) is 121 Å². The number of carboxylic acid groups (broad SMARTS) is 1. The fraction of sp³-hybridized carbons (Fsp3) is 0.552. The Bertz CT molecular complexity index is 1320. The lowest BCUT2D eigenvalue weighted by atomic mass is 9.91. The van der Waals surface area contributed by atoms with Gasteiger partial charge in [0, 0.05) is 31.1 Å². The minimum atomic E-state index is -1.54. The van der Waals surface area contributed by atoms with E-state index in [1.807, 2.05) is 0 Å². The molecule has 4 amide bonds. The second-order valence-electron chi connectivity index (χ2n) is 11.2. The summed E-state index contributed by atoms with van der Waals surface area (Å²) in [4.78, 5) is 89.5. The third kappa shape index (κ3) is 11.2. The van der Waals surface area contributed by atoms with Crippen LogP contribution in [0.5, 0.6) is 5.75 Å². The fourth-order valence-corrected chi connectivity index (χ4v) is 5.49. The Morgan fingerprint density at radius 2 is 1.55 bits per heavy atom. The Labute approximate surface area is 281 Å². The lowest BCUT2D eigenvalue weighted by Crippen LogP contribution is -2.54. The molecule has 1 saturated heterocycles. The van der Waals surface area contributed by atoms with Crippen LogP contribution < -0.4 is 22.1 Å². The molecule has 18 heteroatoms. The summed E-state index contributed by atoms with van der Waals surface area (Å²) in [5, 5.41) is 41.3. The summed E-state index contributed by atoms with van der Waals surface area (Å²) in [5.74, 6) is -8.64. The number of primary amides is 1. The zero-order valence-corrected chi connectivity index (χ0v) is 27.1. The van der Waals surface area contributed by atoms with E-state index < -0.39 is 108 Å². The normalized spacial score (nSPS) is 18.2. The number of likely N-dealkylation sites (tertiary alicyclic amines) is 1. The van der Waals surface area contributed by atoms with E-state index in [4.69, 9.17) is 16.6 Å². The average molecular weight is 700 g/mol. The molecule has 0 saturated carbocycles. The molecule has 0 unspecified atom stereocenters. The van der Waals surface area contributed by atoms with Gasteiger partial charge in [0.25, 0.3) is 0 Å². The number of rotatable bonds is 19. The summed E-state index contributed by atoms with van der Waals surface area (Å²) in [6.45, 7) is -1.44. The number of benzene rings is 1. The molecular formula is C29H41N5O11S2. The maximum atomic E-state index is 13.4. The highest BCUT2D eigenvalue weighted by Gasteiger charge is 2.40. The van der Waals surface area contributed by atoms with Crippen LogP contribution in [-0.2, 0) is 40.0 Å². The van der Waals surface area contributed by atoms with Crippen molar-refractivity contribution in [3.05, 3.63) is 29.8 Å². The van der Waals surface area contributed by atoms with Gasteiger partial charge in [0.15, 0.2) is 11.6 Å². The van der Waals surface area contributed by atoms with Crippen molar-refractivity contribution in [2.75, 3.05) is 25.5 Å². The highest BCUT2D eigenvalue weighted by molar-refractivity contribution is 7.81. The van der Waals surface area contributed by atoms with Crippen molar-refractivity contribution in [3.63, 3.8) is 0 Å². The molecule has 260 valence electrons. The van der Waals surface area contributed by atoms with Crippen LogP contribution in [0.4, 0.5) is 0 Å². The van der Waals surface area contributed by atoms with Gasteiger partial charge >= 0.3 is 5.97 Å². The van der Waals surface area contributed by atoms with Crippen LogP contribution in [0, 0.1) is 11.8 Å². The predicted molar refractivity (Wildman–Crippen MR) is 172 cm³/mol. The van der Waals surface area contributed by atoms with Crippen LogP contribution in [0.2, 0.25) is 0 Å². The van der Waals surface area contributed by atoms with Crippen LogP contribution in [0.3, 0.4) is 0 Å². The van der Waals surface area contributed by atoms with E-state index in [1.165, 1.54) is 29.2 Å². The van der Waals surface area contributed by atoms with Gasteiger partial charge < -0.3 is 47.4 Å². The number of phenolic OH excluding ortho intramolecular Hbond substituents is 1. The third-order valence-electron chi connectivity index (χ3n) is 7.79. The average Bonchev–Trinajstić information content (AvgIpc) is 3.54. The number of carbonyl (C=O) groups is 7. The summed E-state index contributed by atoms with van der Waals surface area (Å²) in [5.41, 5.74) is 11.4. The highest BCUT2D eigenvalue weighted by atomic mass is 32.1. The predicted octanol–water partition coefficient (Wildman–Crippen LogP) is -2.84. The molecular weight excluding hydrogens is 658 g/mol. The van der Waals surface area contributed by atoms with E-state index in [1.54, 1.807) is 0 Å². The number of carboxylic acids is 1. The second-order valence-corrected chi connectivity index (χ2v) is 12.1. The number of hydrogen-bond acceptors (Lipinski definition) is 13. The maximum absolute atomic E-state index is 13.4. The van der Waals surface area contributed by atoms with Gasteiger partial charge in [-0.3, -0.25) is 33.6 Å². The van der Waals surface area contributed by atoms with Crippen LogP contribution in [0.25, 0.3) is 0 Å². The van der Waals surface area contributed by atoms with Crippen molar-refractivity contribution in [1.29, 1.82) is 0 Å². The topological polar surface area (TPSA) is 280 Å². The number of hydrogen-bond donors (Lipinski definition) is 10. The maximum Gasteiger partial charge on any atom is 0.318 e. The molecule has 16 nitrogen and oxygen atoms in total. The summed E-state index contributed by atoms with van der Waals surface area (Å²) < 4.78 is 0. The van der Waals surface area contributed by atoms with E-state index >= 15 is 0 Å². The van der Waals surface area contributed by atoms with Gasteiger partial charge in [0.2, 0.25) is 23.6 Å². The number of nitrogens with two attached hydrogens (primary N) is 2. The zero-order valence-electron chi connectivity index (χ0n) is 25.4. The third-order valence-corrected chi connectivity index (χ3v) is 8.69. The number of amides is 4. The Balaban J connectivity index is 2.16. The van der Waals surface area contributed by atoms with E-state index in [9.17, 15) is 48.9 Å². The number of aliphatic hydroxyl groups is 2. The first-order valence-electron chi connectivity index (χ1n) is 14.7. The van der Waals surface area contributed by atoms with Gasteiger partial charge in [-0.25, -0.2) is 0 Å². The standard InChI is InChI=1S/C29H41N5O11S2/c30-23(24(47)29(44)45)22(39)10-16(11-35)28(43)34-7-1-2-20(34)27(42)33-19(13-46)21(38)9-15(8-14-3-5-17(37)6-4-14)26(41)32-18(12-36)25(31)40/h3-6,15-16,18-20,23-24,35-37,46-47H,1-2,7-13,30H2,(H2,31,40)(H,32,41)(H,33,42)(H,44,45)/t15-,16+,18+,19+,20+,23-,24-/m1/s1. The molecule has 1 fully saturated rings. The molecule has 10 N–H and O–H groups in total. The Morgan fingerprint density at radius 3 is 2.09 bits per heavy atom. The van der Waals surface area contributed by atoms with Crippen molar-refractivity contribution < 1.29 is 54.0 Å². The largest absolute Gasteiger partial charge is 0.508 e. The monoisotopic (exact) mass is 699 g/mol. The van der Waals surface area contributed by atoms with Crippen LogP contribution in [0.1, 0.15) is 31.2 Å². The Morgan fingerprint density at radius 1 is 0.936 bits per heavy atom. The summed E-state index contributed by atoms with van der Waals surface area (Å²) >= 11 is 7.97. The quantitative estimate of drug-likeness (QED) is 0.0654. The lowest BCUT2D eigenvalue weighted by Gasteiger charge is -2.29. The minimum absolute atomic E-state index is 0.0156. The van der Waals surface area contributed by atoms with Crippen molar-refractivity contribution in [2.45, 2.75) is 61.5 Å². The first-order valence-corrected chi connectivity index (χ1v) is 15.8. The summed E-state index contributed by atoms with van der Waals surface area (Å²) in [6.07, 6.45) is -0.428. The van der Waals surface area contributed by atoms with Crippen LogP contribution in [0.15, 0.2) is 24.3 Å². The molecule has 0 radical (unpaired) electrons. The number of aliphatic carboxylic acids is 1. The number of ketones is 2. The molecule has 1 aliphatic rings. The molecule has 0 aromatic heterocycles. The fourth-order valence-electron chi connectivity index (χ4n) is 5.03. The van der Waals surface area contributed by atoms with E-state index in [-0.39, 0.29) is 30.9 Å². The number of phenols is 1. The lowest BCUT2D eigenvalue weighted by molar-refractivity contribution is -0.145. The Hall–Kier alpha value is -3.71. The number of nitrogens with zero attached hydrogens (tertiary/aromatic N) is 1. The van der Waals surface area contributed by atoms with Crippen LogP contribution >= 0.6 is 25.3 Å². The molecule has 47 heavy (non-hydrogen) atoms. The summed E-state index contributed by atoms with van der Waals surface area (Å²) in [7, 11) is 0. The molecule has 0 aliphatic carbocycles. The molecule has 0 spiro atoms. The molecule has 1 heterocycles. The second kappa shape index (κ2) is 18.6. The zero-order chi connectivity index (χ0) is 35.4. The molecule has 1 aliphatic heterocycles. The van der Waals surface area contributed by atoms with Gasteiger partial charge in [-0.05, 0) is 37.0 Å². The Kier molecular flexibility index (Phi) is 15.6. The molecule has 1 aromatic rings. The number of aromatic hydroxyl groups is 1. The van der Waals surface area contributed by atoms with Crippen molar-refractivity contribution >= 4 is 66.4 Å². The van der Waals surface area contributed by atoms with Gasteiger partial charge in [-0.15, -0.1) is 0 Å². The van der Waals surface area contributed by atoms with Crippen molar-refractivity contribution in [1.82, 2.24) is 15.5 Å². The molecule has 1 aromatic carbocycles. The molecule has 7 atom stereocenters. The van der Waals surface area contributed by atoms with Gasteiger partial charge in [-0.1, -0.05) is 12.1 Å². The van der Waals surface area contributed by atoms with E-state index in [2.05, 4.69) is 35.9 Å². The molecule has 2 rings (SSSR count). The molecule has 0 bridgehead atoms. The SMILES string of the molecule is NC(=O)[C@H](CO)NC(=O)[C@@H](CC(=O)[C@H](CS)NC(=O)[C@@H]1CCCN1C(=O)[C@H](CO)CC(=O)[C@@H](N)[C@@H](S)C(=O)O)Cc1ccc(O)cc1. The number of Topliss-reactive ketones (excluding diaryl/α,β-unsaturated/α-hetero) is 2. The van der Waals surface area contributed by atoms with Crippen molar-refractivity contribution in [3.8, 4) is 5.75 Å². The summed E-state index contributed by atoms with van der Waals surface area (Å²) in [6, 6.07) is 0.617. The van der Waals surface area contributed by atoms with Gasteiger partial charge in [0.05, 0.1) is 31.2 Å². The first-order chi connectivity index (χ1) is 22.1. The minimum Gasteiger partial charge on any atom is -0.508 e. The smallest absolute Gasteiger partial charge is 0.318 e. The van der Waals surface area contributed by atoms with Crippen molar-refractivity contribution in [2.24, 2.45) is 23.3 Å². The van der Waals surface area contributed by atoms with E-state index in [0.29, 0.717) is 12.0 Å². The van der Waals surface area contributed by atoms with Gasteiger partial charge in [0.1, 0.15) is 23.1 Å². The van der Waals surface area contributed by atoms with E-state index in [0.717, 1.165) is 0 Å². The number of aliphatic hydroxyl groups excluding tert-OH is 2.